The van der Waals surface area contributed by atoms with Crippen molar-refractivity contribution in [1.82, 2.24) is 0 Å². The van der Waals surface area contributed by atoms with Crippen LogP contribution in [0.25, 0.3) is 11.1 Å². The van der Waals surface area contributed by atoms with Crippen LogP contribution < -0.4 is 0 Å². The molecule has 50 heavy (non-hydrogen) atoms. The molecule has 9 heteroatoms. The van der Waals surface area contributed by atoms with Crippen molar-refractivity contribution in [2.75, 3.05) is 0 Å². The topological polar surface area (TPSA) is 0 Å². The summed E-state index contributed by atoms with van der Waals surface area (Å²) in [5, 5.41) is 0. The van der Waals surface area contributed by atoms with Crippen molar-refractivity contribution in [2.45, 2.75) is 72.1 Å². The predicted molar refractivity (Wildman–Crippen MR) is 191 cm³/mol. The number of rotatable bonds is 4. The summed E-state index contributed by atoms with van der Waals surface area (Å²) in [7, 11) is 16.8. The van der Waals surface area contributed by atoms with Crippen molar-refractivity contribution < 1.29 is 42.0 Å². The van der Waals surface area contributed by atoms with Gasteiger partial charge in [0.2, 0.25) is 0 Å². The molecule has 0 nitrogen and oxygen atoms in total. The van der Waals surface area contributed by atoms with E-state index in [1.165, 1.54) is 24.3 Å². The van der Waals surface area contributed by atoms with E-state index in [2.05, 4.69) is 77.9 Å². The number of halogens is 8. The Kier molecular flexibility index (Phi) is 9.01. The first-order chi connectivity index (χ1) is 23.0. The first-order valence-electron chi connectivity index (χ1n) is 16.5. The van der Waals surface area contributed by atoms with E-state index in [-0.39, 0.29) is 10.8 Å². The zero-order valence-corrected chi connectivity index (χ0v) is 33.7. The zero-order valence-electron chi connectivity index (χ0n) is 28.6. The Morgan fingerprint density at radius 2 is 0.860 bits per heavy atom. The average Bonchev–Trinajstić information content (AvgIpc) is 3.68. The van der Waals surface area contributed by atoms with E-state index in [9.17, 15) is 26.3 Å². The van der Waals surface area contributed by atoms with Crippen LogP contribution in [-0.4, -0.2) is 3.26 Å². The summed E-state index contributed by atoms with van der Waals surface area (Å²) in [5.74, 6) is 0. The number of hydrogen-bond donors (Lipinski definition) is 0. The van der Waals surface area contributed by atoms with Crippen LogP contribution in [-0.2, 0) is 38.8 Å². The van der Waals surface area contributed by atoms with Crippen LogP contribution in [0.1, 0.15) is 89.7 Å². The second kappa shape index (κ2) is 12.2. The summed E-state index contributed by atoms with van der Waals surface area (Å²) in [6.07, 6.45) is -1.63. The van der Waals surface area contributed by atoms with Crippen molar-refractivity contribution >= 4 is 20.4 Å². The maximum absolute atomic E-state index is 13.8. The van der Waals surface area contributed by atoms with Crippen molar-refractivity contribution in [3.05, 3.63) is 154 Å². The van der Waals surface area contributed by atoms with Crippen molar-refractivity contribution in [3.8, 4) is 11.1 Å². The zero-order chi connectivity index (χ0) is 36.7. The Balaban J connectivity index is 1.79. The summed E-state index contributed by atoms with van der Waals surface area (Å²) in [4.78, 5) is 0. The monoisotopic (exact) mass is 894 g/mol. The van der Waals surface area contributed by atoms with Crippen LogP contribution in [0.4, 0.5) is 26.3 Å². The average molecular weight is 894 g/mol. The third kappa shape index (κ3) is 6.34. The van der Waals surface area contributed by atoms with Crippen LogP contribution >= 0.6 is 17.2 Å². The maximum atomic E-state index is 13.8. The Morgan fingerprint density at radius 1 is 0.520 bits per heavy atom. The van der Waals surface area contributed by atoms with Gasteiger partial charge in [-0.15, -0.1) is 0 Å². The standard InChI is InChI=1S/C21H25.C15H8F6.C5H5.2ClH.Hf/c1-20(2,3)16-9-7-14-11-15-8-10-17(21(4,5)6)13-19(15)18(14)12-16;16-14(17,18)12-5-1-10(2-6-12)9-11-3-7-13(8-4-11)15(19,20)21;1-2-4-5-3-1;;;/h7-13H,1-6H3;1-8H;1-5H;2*1H;/q;;;;;+2/p-2. The van der Waals surface area contributed by atoms with Crippen LogP contribution in [0, 0.1) is 0 Å². The third-order valence-corrected chi connectivity index (χ3v) is 38.2. The predicted octanol–water partition coefficient (Wildman–Crippen LogP) is 13.6. The molecule has 6 rings (SSSR count). The van der Waals surface area contributed by atoms with Crippen molar-refractivity contribution in [1.29, 1.82) is 0 Å². The van der Waals surface area contributed by atoms with Gasteiger partial charge >= 0.3 is 299 Å². The van der Waals surface area contributed by atoms with Crippen LogP contribution in [0.3, 0.4) is 0 Å². The van der Waals surface area contributed by atoms with Crippen molar-refractivity contribution in [3.63, 3.8) is 0 Å². The molecule has 0 N–H and O–H groups in total. The molecule has 0 saturated carbocycles. The van der Waals surface area contributed by atoms with E-state index in [0.717, 1.165) is 57.6 Å². The molecule has 2 aliphatic rings. The molecular formula is C41H38Cl2F6Hf. The Hall–Kier alpha value is -2.74. The summed E-state index contributed by atoms with van der Waals surface area (Å²) in [6, 6.07) is 22.0. The van der Waals surface area contributed by atoms with Gasteiger partial charge in [0.05, 0.1) is 0 Å². The molecule has 0 spiro atoms. The SMILES string of the molecule is CC(C)(C)c1ccc2c(c1)-c1cc(C(C)(C)C)ccc1[CH]2[Hf]([Cl])([Cl])(=[C](c1ccc(C(F)(F)F)cc1)c1ccc(C(F)(F)F)cc1)[CH]1C=CC=C1. The Labute approximate surface area is 297 Å². The van der Waals surface area contributed by atoms with Gasteiger partial charge in [-0.05, 0) is 0 Å². The van der Waals surface area contributed by atoms with E-state index in [0.29, 0.717) is 14.4 Å². The molecule has 0 radical (unpaired) electrons. The molecule has 0 amide bonds. The van der Waals surface area contributed by atoms with Gasteiger partial charge in [-0.25, -0.2) is 0 Å². The molecule has 262 valence electrons. The van der Waals surface area contributed by atoms with Gasteiger partial charge in [-0.1, -0.05) is 0 Å². The second-order valence-corrected chi connectivity index (χ2v) is 45.0. The van der Waals surface area contributed by atoms with Crippen LogP contribution in [0.2, 0.25) is 3.67 Å². The van der Waals surface area contributed by atoms with Gasteiger partial charge < -0.3 is 0 Å². The summed E-state index contributed by atoms with van der Waals surface area (Å²) < 4.78 is 82.1. The van der Waals surface area contributed by atoms with E-state index < -0.39 is 46.5 Å². The number of allylic oxidation sites excluding steroid dienone is 4. The van der Waals surface area contributed by atoms with E-state index in [4.69, 9.17) is 17.2 Å². The molecule has 0 aliphatic heterocycles. The van der Waals surface area contributed by atoms with Crippen LogP contribution in [0.5, 0.6) is 0 Å². The van der Waals surface area contributed by atoms with E-state index >= 15 is 0 Å². The first-order valence-corrected chi connectivity index (χ1v) is 31.3. The summed E-state index contributed by atoms with van der Waals surface area (Å²) in [5.41, 5.74) is 4.64. The third-order valence-electron chi connectivity index (χ3n) is 10.1. The molecule has 0 aromatic heterocycles. The molecule has 4 aromatic carbocycles. The number of fused-ring (bicyclic) bond motifs is 3. The first kappa shape index (κ1) is 37.0. The van der Waals surface area contributed by atoms with E-state index in [1.807, 2.05) is 24.3 Å². The minimum atomic E-state index is -6.17. The molecule has 0 atom stereocenters. The molecule has 0 fully saturated rings. The fourth-order valence-electron chi connectivity index (χ4n) is 7.41. The Bertz CT molecular complexity index is 1960. The van der Waals surface area contributed by atoms with Gasteiger partial charge in [0.15, 0.2) is 0 Å². The number of hydrogen-bond acceptors (Lipinski definition) is 0. The van der Waals surface area contributed by atoms with Crippen molar-refractivity contribution in [2.24, 2.45) is 0 Å². The molecule has 0 heterocycles. The summed E-state index contributed by atoms with van der Waals surface area (Å²) in [6.45, 7) is 12.8. The van der Waals surface area contributed by atoms with Gasteiger partial charge in [0.1, 0.15) is 0 Å². The quantitative estimate of drug-likeness (QED) is 0.141. The molecule has 2 aliphatic carbocycles. The molecular weight excluding hydrogens is 856 g/mol. The Morgan fingerprint density at radius 3 is 1.18 bits per heavy atom. The molecule has 0 unspecified atom stereocenters. The number of benzene rings is 4. The van der Waals surface area contributed by atoms with Gasteiger partial charge in [-0.3, -0.25) is 0 Å². The van der Waals surface area contributed by atoms with E-state index in [1.54, 1.807) is 0 Å². The minimum absolute atomic E-state index is 0.176. The fraction of sp³-hybridized carbons (Fsp3) is 0.293. The molecule has 4 aromatic rings. The van der Waals surface area contributed by atoms with Gasteiger partial charge in [-0.2, -0.15) is 0 Å². The molecule has 0 bridgehead atoms. The molecule has 0 saturated heterocycles. The van der Waals surface area contributed by atoms with Gasteiger partial charge in [0, 0.05) is 0 Å². The second-order valence-electron chi connectivity index (χ2n) is 15.5. The van der Waals surface area contributed by atoms with Gasteiger partial charge in [0.25, 0.3) is 0 Å². The summed E-state index contributed by atoms with van der Waals surface area (Å²) >= 11 is -6.17. The fourth-order valence-corrected chi connectivity index (χ4v) is 35.2. The normalized spacial score (nSPS) is 15.8. The number of alkyl halides is 6. The van der Waals surface area contributed by atoms with Crippen LogP contribution in [0.15, 0.2) is 109 Å².